The number of rotatable bonds is 7. The van der Waals surface area contributed by atoms with Crippen LogP contribution in [-0.2, 0) is 14.1 Å². The fourth-order valence-corrected chi connectivity index (χ4v) is 3.48. The van der Waals surface area contributed by atoms with E-state index in [1.54, 1.807) is 31.2 Å². The Labute approximate surface area is 144 Å². The molecule has 1 unspecified atom stereocenters. The summed E-state index contributed by atoms with van der Waals surface area (Å²) in [5.41, 5.74) is -1.56. The van der Waals surface area contributed by atoms with E-state index < -0.39 is 30.3 Å². The van der Waals surface area contributed by atoms with Gasteiger partial charge in [-0.25, -0.2) is 9.88 Å². The zero-order valence-corrected chi connectivity index (χ0v) is 16.1. The van der Waals surface area contributed by atoms with Crippen molar-refractivity contribution in [3.8, 4) is 5.75 Å². The lowest BCUT2D eigenvalue weighted by Crippen LogP contribution is -2.40. The molecule has 1 aromatic carbocycles. The predicted octanol–water partition coefficient (Wildman–Crippen LogP) is 3.35. The summed E-state index contributed by atoms with van der Waals surface area (Å²) in [6, 6.07) is 8.51. The number of carbonyl (C=O) groups is 1. The van der Waals surface area contributed by atoms with Crippen LogP contribution < -0.4 is 9.61 Å². The Kier molecular flexibility index (Phi) is 6.62. The number of ether oxygens (including phenoxy) is 1. The van der Waals surface area contributed by atoms with Crippen LogP contribution in [0.2, 0.25) is 0 Å². The van der Waals surface area contributed by atoms with Gasteiger partial charge in [0.2, 0.25) is 0 Å². The maximum atomic E-state index is 13.3. The maximum absolute atomic E-state index is 13.3. The van der Waals surface area contributed by atoms with Crippen molar-refractivity contribution in [2.24, 2.45) is 0 Å². The molecular weight excluding hydrogens is 329 g/mol. The van der Waals surface area contributed by atoms with E-state index >= 15 is 0 Å². The molecule has 0 aromatic heterocycles. The van der Waals surface area contributed by atoms with E-state index in [1.165, 1.54) is 13.8 Å². The van der Waals surface area contributed by atoms with Gasteiger partial charge in [-0.1, -0.05) is 18.2 Å². The summed E-state index contributed by atoms with van der Waals surface area (Å²) in [5, 5.41) is 11.9. The first kappa shape index (κ1) is 20.7. The second-order valence-corrected chi connectivity index (χ2v) is 10.2. The van der Waals surface area contributed by atoms with E-state index in [2.05, 4.69) is 5.09 Å². The van der Waals surface area contributed by atoms with Crippen LogP contribution in [-0.4, -0.2) is 34.5 Å². The Balaban J connectivity index is 2.80. The number of hydrogen-bond acceptors (Lipinski definition) is 5. The van der Waals surface area contributed by atoms with Crippen molar-refractivity contribution in [1.29, 1.82) is 0 Å². The van der Waals surface area contributed by atoms with Crippen molar-refractivity contribution in [2.75, 3.05) is 6.61 Å². The second kappa shape index (κ2) is 7.68. The highest BCUT2D eigenvalue weighted by Gasteiger charge is 2.41. The third-order valence-electron chi connectivity index (χ3n) is 3.21. The Bertz CT molecular complexity index is 589. The first-order chi connectivity index (χ1) is 10.8. The van der Waals surface area contributed by atoms with Gasteiger partial charge >= 0.3 is 13.5 Å². The molecule has 1 aromatic rings. The zero-order chi connectivity index (χ0) is 18.6. The topological polar surface area (TPSA) is 84.9 Å². The Morgan fingerprint density at radius 1 is 1.21 bits per heavy atom. The lowest BCUT2D eigenvalue weighted by molar-refractivity contribution is -0.162. The van der Waals surface area contributed by atoms with Crippen LogP contribution in [0, 0.1) is 0 Å². The Morgan fingerprint density at radius 2 is 1.75 bits per heavy atom. The summed E-state index contributed by atoms with van der Waals surface area (Å²) < 4.78 is 24.1. The van der Waals surface area contributed by atoms with Crippen LogP contribution in [0.4, 0.5) is 0 Å². The van der Waals surface area contributed by atoms with E-state index in [4.69, 9.17) is 9.26 Å². The molecule has 0 saturated heterocycles. The molecule has 0 aliphatic carbocycles. The number of para-hydroxylation sites is 1. The Hall–Kier alpha value is -1.36. The highest BCUT2D eigenvalue weighted by atomic mass is 31.2. The van der Waals surface area contributed by atoms with Crippen LogP contribution in [0.15, 0.2) is 30.3 Å². The standard InChI is InChI=1S/C17H28NO5P/c1-13(12-22-15(19)17(5,6)20)18-24(21,16(2,3)4)23-14-10-8-7-9-11-14/h7-11,13,20H,12H2,1-6H3,(H,18,21)/t13-,24?/m0/s1. The average Bonchev–Trinajstić information content (AvgIpc) is 2.43. The molecule has 2 N–H and O–H groups in total. The third kappa shape index (κ3) is 5.93. The third-order valence-corrected chi connectivity index (χ3v) is 6.23. The molecule has 24 heavy (non-hydrogen) atoms. The monoisotopic (exact) mass is 357 g/mol. The quantitative estimate of drug-likeness (QED) is 0.575. The molecule has 2 atom stereocenters. The molecule has 1 rings (SSSR count). The summed E-state index contributed by atoms with van der Waals surface area (Å²) in [4.78, 5) is 11.6. The van der Waals surface area contributed by atoms with Crippen molar-refractivity contribution in [1.82, 2.24) is 5.09 Å². The largest absolute Gasteiger partial charge is 0.462 e. The summed E-state index contributed by atoms with van der Waals surface area (Å²) >= 11 is 0. The minimum Gasteiger partial charge on any atom is -0.462 e. The SMILES string of the molecule is C[C@@H](COC(=O)C(C)(C)O)NP(=O)(Oc1ccccc1)C(C)(C)C. The summed E-state index contributed by atoms with van der Waals surface area (Å²) in [6.07, 6.45) is 0. The first-order valence-electron chi connectivity index (χ1n) is 7.87. The van der Waals surface area contributed by atoms with Crippen molar-refractivity contribution in [3.63, 3.8) is 0 Å². The molecule has 0 aliphatic rings. The molecule has 0 saturated carbocycles. The molecule has 0 radical (unpaired) electrons. The van der Waals surface area contributed by atoms with Crippen LogP contribution in [0.3, 0.4) is 0 Å². The molecule has 0 aliphatic heterocycles. The summed E-state index contributed by atoms with van der Waals surface area (Å²) in [6.45, 7) is 9.88. The number of aliphatic hydroxyl groups is 1. The van der Waals surface area contributed by atoms with Crippen molar-refractivity contribution >= 4 is 13.5 Å². The smallest absolute Gasteiger partial charge is 0.337 e. The fourth-order valence-electron chi connectivity index (χ4n) is 1.69. The molecule has 0 fully saturated rings. The summed E-state index contributed by atoms with van der Waals surface area (Å²) in [7, 11) is -3.29. The van der Waals surface area contributed by atoms with Crippen LogP contribution in [0.5, 0.6) is 5.75 Å². The van der Waals surface area contributed by atoms with Gasteiger partial charge in [0.05, 0.1) is 5.16 Å². The van der Waals surface area contributed by atoms with Gasteiger partial charge in [0.25, 0.3) is 0 Å². The van der Waals surface area contributed by atoms with Gasteiger partial charge in [-0.05, 0) is 53.7 Å². The maximum Gasteiger partial charge on any atom is 0.337 e. The Morgan fingerprint density at radius 3 is 2.21 bits per heavy atom. The molecular formula is C17H28NO5P. The van der Waals surface area contributed by atoms with Crippen molar-refractivity contribution in [2.45, 2.75) is 58.3 Å². The fraction of sp³-hybridized carbons (Fsp3) is 0.588. The van der Waals surface area contributed by atoms with Crippen LogP contribution in [0.25, 0.3) is 0 Å². The van der Waals surface area contributed by atoms with E-state index in [1.807, 2.05) is 26.8 Å². The normalized spacial score (nSPS) is 16.1. The van der Waals surface area contributed by atoms with Gasteiger partial charge in [-0.15, -0.1) is 0 Å². The van der Waals surface area contributed by atoms with Crippen LogP contribution in [0.1, 0.15) is 41.5 Å². The molecule has 0 amide bonds. The molecule has 0 spiro atoms. The minimum absolute atomic E-state index is 0.0267. The number of hydrogen-bond donors (Lipinski definition) is 2. The highest BCUT2D eigenvalue weighted by molar-refractivity contribution is 7.58. The molecule has 136 valence electrons. The summed E-state index contributed by atoms with van der Waals surface area (Å²) in [5.74, 6) is -0.227. The number of nitrogens with one attached hydrogen (secondary N) is 1. The second-order valence-electron chi connectivity index (χ2n) is 7.31. The zero-order valence-electron chi connectivity index (χ0n) is 15.2. The van der Waals surface area contributed by atoms with Gasteiger partial charge < -0.3 is 14.4 Å². The molecule has 6 nitrogen and oxygen atoms in total. The number of esters is 1. The van der Waals surface area contributed by atoms with E-state index in [9.17, 15) is 14.5 Å². The minimum atomic E-state index is -3.29. The van der Waals surface area contributed by atoms with E-state index in [-0.39, 0.29) is 6.61 Å². The molecule has 0 heterocycles. The average molecular weight is 357 g/mol. The van der Waals surface area contributed by atoms with Gasteiger partial charge in [-0.2, -0.15) is 0 Å². The van der Waals surface area contributed by atoms with Gasteiger partial charge in [0.15, 0.2) is 5.60 Å². The van der Waals surface area contributed by atoms with Gasteiger partial charge in [0.1, 0.15) is 12.4 Å². The van der Waals surface area contributed by atoms with Gasteiger partial charge in [-0.3, -0.25) is 4.57 Å². The van der Waals surface area contributed by atoms with Crippen LogP contribution >= 0.6 is 7.52 Å². The number of carbonyl (C=O) groups excluding carboxylic acids is 1. The first-order valence-corrected chi connectivity index (χ1v) is 9.50. The molecule has 7 heteroatoms. The van der Waals surface area contributed by atoms with Gasteiger partial charge in [0, 0.05) is 6.04 Å². The lowest BCUT2D eigenvalue weighted by atomic mass is 10.1. The molecule has 0 bridgehead atoms. The van der Waals surface area contributed by atoms with E-state index in [0.29, 0.717) is 5.75 Å². The van der Waals surface area contributed by atoms with Crippen molar-refractivity contribution < 1.29 is 23.7 Å². The number of benzene rings is 1. The van der Waals surface area contributed by atoms with E-state index in [0.717, 1.165) is 0 Å². The predicted molar refractivity (Wildman–Crippen MR) is 94.3 cm³/mol. The highest BCUT2D eigenvalue weighted by Crippen LogP contribution is 2.55. The lowest BCUT2D eigenvalue weighted by Gasteiger charge is -2.33. The van der Waals surface area contributed by atoms with Crippen molar-refractivity contribution in [3.05, 3.63) is 30.3 Å².